The third-order valence-electron chi connectivity index (χ3n) is 2.85. The molecule has 0 saturated heterocycles. The lowest BCUT2D eigenvalue weighted by Crippen LogP contribution is -2.24. The van der Waals surface area contributed by atoms with Crippen LogP contribution in [0.3, 0.4) is 0 Å². The molecule has 0 bridgehead atoms. The molecule has 0 spiro atoms. The summed E-state index contributed by atoms with van der Waals surface area (Å²) in [6, 6.07) is 4.52. The second kappa shape index (κ2) is 6.35. The van der Waals surface area contributed by atoms with E-state index in [0.717, 1.165) is 0 Å². The van der Waals surface area contributed by atoms with Gasteiger partial charge in [-0.05, 0) is 17.9 Å². The predicted molar refractivity (Wildman–Crippen MR) is 74.9 cm³/mol. The van der Waals surface area contributed by atoms with Crippen molar-refractivity contribution >= 4 is 17.1 Å². The number of nitro benzene ring substituents is 1. The number of hydrogen-bond acceptors (Lipinski definition) is 6. The van der Waals surface area contributed by atoms with Gasteiger partial charge in [0.15, 0.2) is 0 Å². The van der Waals surface area contributed by atoms with Gasteiger partial charge in [-0.3, -0.25) is 16.0 Å². The molecule has 0 heterocycles. The lowest BCUT2D eigenvalue weighted by molar-refractivity contribution is -0.384. The van der Waals surface area contributed by atoms with Crippen LogP contribution in [0.25, 0.3) is 0 Å². The maximum absolute atomic E-state index is 10.8. The van der Waals surface area contributed by atoms with E-state index in [-0.39, 0.29) is 17.7 Å². The van der Waals surface area contributed by atoms with Crippen LogP contribution in [0.2, 0.25) is 0 Å². The fourth-order valence-electron chi connectivity index (χ4n) is 1.63. The van der Waals surface area contributed by atoms with Gasteiger partial charge in [0.1, 0.15) is 0 Å². The molecule has 0 amide bonds. The fraction of sp³-hybridized carbons (Fsp3) is 0.500. The maximum atomic E-state index is 10.8. The summed E-state index contributed by atoms with van der Waals surface area (Å²) in [6.45, 7) is 4.73. The molecule has 0 aromatic heterocycles. The molecule has 0 saturated carbocycles. The van der Waals surface area contributed by atoms with Gasteiger partial charge in [-0.1, -0.05) is 13.8 Å². The van der Waals surface area contributed by atoms with E-state index in [1.54, 1.807) is 6.07 Å². The highest BCUT2D eigenvalue weighted by molar-refractivity contribution is 5.63. The van der Waals surface area contributed by atoms with Crippen molar-refractivity contribution in [3.05, 3.63) is 28.3 Å². The van der Waals surface area contributed by atoms with Crippen molar-refractivity contribution in [1.82, 2.24) is 0 Å². The van der Waals surface area contributed by atoms with Gasteiger partial charge in [-0.2, -0.15) is 0 Å². The first-order valence-corrected chi connectivity index (χ1v) is 5.99. The topological polar surface area (TPSA) is 113 Å². The third-order valence-corrected chi connectivity index (χ3v) is 2.85. The van der Waals surface area contributed by atoms with Gasteiger partial charge in [0, 0.05) is 31.0 Å². The van der Waals surface area contributed by atoms with Gasteiger partial charge in [0.25, 0.3) is 5.69 Å². The quantitative estimate of drug-likeness (QED) is 0.340. The minimum absolute atomic E-state index is 0.0297. The third kappa shape index (κ3) is 4.72. The lowest BCUT2D eigenvalue weighted by Gasteiger charge is -2.24. The Bertz CT molecular complexity index is 449. The van der Waals surface area contributed by atoms with Crippen molar-refractivity contribution in [2.24, 2.45) is 11.3 Å². The number of rotatable bonds is 7. The molecule has 1 rings (SSSR count). The van der Waals surface area contributed by atoms with Crippen LogP contribution in [-0.4, -0.2) is 23.2 Å². The van der Waals surface area contributed by atoms with Crippen LogP contribution in [-0.2, 0) is 0 Å². The molecule has 0 aliphatic heterocycles. The van der Waals surface area contributed by atoms with E-state index in [2.05, 4.69) is 10.7 Å². The van der Waals surface area contributed by atoms with Crippen molar-refractivity contribution in [3.8, 4) is 0 Å². The lowest BCUT2D eigenvalue weighted by atomic mass is 9.89. The highest BCUT2D eigenvalue weighted by atomic mass is 16.6. The molecule has 7 heteroatoms. The Morgan fingerprint density at radius 2 is 2.00 bits per heavy atom. The molecule has 0 radical (unpaired) electrons. The van der Waals surface area contributed by atoms with Crippen molar-refractivity contribution in [2.45, 2.75) is 20.3 Å². The number of nitrogens with zero attached hydrogens (tertiary/aromatic N) is 1. The molecule has 0 aliphatic carbocycles. The number of hydrogen-bond donors (Lipinski definition) is 4. The monoisotopic (exact) mass is 268 g/mol. The van der Waals surface area contributed by atoms with Gasteiger partial charge < -0.3 is 15.8 Å². The van der Waals surface area contributed by atoms with E-state index in [0.29, 0.717) is 24.3 Å². The summed E-state index contributed by atoms with van der Waals surface area (Å²) in [4.78, 5) is 10.3. The second-order valence-corrected chi connectivity index (χ2v) is 5.16. The first-order chi connectivity index (χ1) is 8.88. The minimum Gasteiger partial charge on any atom is -0.396 e. The van der Waals surface area contributed by atoms with Crippen molar-refractivity contribution in [1.29, 1.82) is 0 Å². The number of nitrogen functional groups attached to an aromatic ring is 1. The first kappa shape index (κ1) is 15.2. The number of nitrogens with one attached hydrogen (secondary N) is 2. The Labute approximate surface area is 111 Å². The fourth-order valence-corrected chi connectivity index (χ4v) is 1.63. The molecular weight excluding hydrogens is 248 g/mol. The first-order valence-electron chi connectivity index (χ1n) is 5.99. The van der Waals surface area contributed by atoms with Crippen LogP contribution >= 0.6 is 0 Å². The number of nitrogens with two attached hydrogens (primary N) is 1. The number of non-ortho nitro benzene ring substituents is 1. The van der Waals surface area contributed by atoms with Crippen molar-refractivity contribution in [2.75, 3.05) is 23.9 Å². The standard InChI is InChI=1S/C12H20N4O3/c1-12(2,3-4-17)8-14-9-5-10(15-13)7-11(6-9)16(18)19/h5-7,14-15,17H,3-4,8,13H2,1-2H3. The van der Waals surface area contributed by atoms with Gasteiger partial charge in [0.2, 0.25) is 0 Å². The summed E-state index contributed by atoms with van der Waals surface area (Å²) < 4.78 is 0. The summed E-state index contributed by atoms with van der Waals surface area (Å²) in [5, 5.41) is 22.9. The maximum Gasteiger partial charge on any atom is 0.273 e. The average molecular weight is 268 g/mol. The molecular formula is C12H20N4O3. The predicted octanol–water partition coefficient (Wildman–Crippen LogP) is 1.70. The molecule has 1 aromatic carbocycles. The average Bonchev–Trinajstić information content (AvgIpc) is 2.36. The Morgan fingerprint density at radius 1 is 1.37 bits per heavy atom. The Morgan fingerprint density at radius 3 is 2.53 bits per heavy atom. The molecule has 0 atom stereocenters. The van der Waals surface area contributed by atoms with Crippen molar-refractivity contribution < 1.29 is 10.0 Å². The molecule has 106 valence electrons. The summed E-state index contributed by atoms with van der Waals surface area (Å²) in [7, 11) is 0. The zero-order valence-corrected chi connectivity index (χ0v) is 11.1. The number of nitro groups is 1. The summed E-state index contributed by atoms with van der Waals surface area (Å²) in [5.41, 5.74) is 3.36. The van der Waals surface area contributed by atoms with E-state index >= 15 is 0 Å². The number of benzene rings is 1. The van der Waals surface area contributed by atoms with E-state index in [1.807, 2.05) is 13.8 Å². The van der Waals surface area contributed by atoms with E-state index in [4.69, 9.17) is 10.9 Å². The zero-order chi connectivity index (χ0) is 14.5. The van der Waals surface area contributed by atoms with Crippen LogP contribution in [0.1, 0.15) is 20.3 Å². The van der Waals surface area contributed by atoms with Crippen LogP contribution in [0.4, 0.5) is 17.1 Å². The summed E-state index contributed by atoms with van der Waals surface area (Å²) in [6.07, 6.45) is 0.650. The highest BCUT2D eigenvalue weighted by Gasteiger charge is 2.17. The zero-order valence-electron chi connectivity index (χ0n) is 11.1. The second-order valence-electron chi connectivity index (χ2n) is 5.16. The molecule has 19 heavy (non-hydrogen) atoms. The molecule has 0 unspecified atom stereocenters. The van der Waals surface area contributed by atoms with E-state index in [1.165, 1.54) is 12.1 Å². The van der Waals surface area contributed by atoms with Crippen LogP contribution in [0, 0.1) is 15.5 Å². The Kier molecular flexibility index (Phi) is 5.08. The summed E-state index contributed by atoms with van der Waals surface area (Å²) in [5.74, 6) is 5.28. The Hall–Kier alpha value is -1.86. The largest absolute Gasteiger partial charge is 0.396 e. The number of aliphatic hydroxyl groups excluding tert-OH is 1. The van der Waals surface area contributed by atoms with Crippen LogP contribution in [0.5, 0.6) is 0 Å². The number of hydrazine groups is 1. The van der Waals surface area contributed by atoms with E-state index in [9.17, 15) is 10.1 Å². The number of aliphatic hydroxyl groups is 1. The number of anilines is 2. The van der Waals surface area contributed by atoms with Gasteiger partial charge in [0.05, 0.1) is 10.6 Å². The van der Waals surface area contributed by atoms with Crippen LogP contribution in [0.15, 0.2) is 18.2 Å². The van der Waals surface area contributed by atoms with Gasteiger partial charge in [-0.15, -0.1) is 0 Å². The summed E-state index contributed by atoms with van der Waals surface area (Å²) >= 11 is 0. The van der Waals surface area contributed by atoms with Crippen molar-refractivity contribution in [3.63, 3.8) is 0 Å². The Balaban J connectivity index is 2.83. The highest BCUT2D eigenvalue weighted by Crippen LogP contribution is 2.26. The molecule has 0 fully saturated rings. The van der Waals surface area contributed by atoms with Gasteiger partial charge >= 0.3 is 0 Å². The molecule has 1 aromatic rings. The molecule has 7 nitrogen and oxygen atoms in total. The SMILES string of the molecule is CC(C)(CCO)CNc1cc(NN)cc([N+](=O)[O-])c1. The smallest absolute Gasteiger partial charge is 0.273 e. The minimum atomic E-state index is -0.467. The normalized spacial score (nSPS) is 11.2. The molecule has 0 aliphatic rings. The molecule has 5 N–H and O–H groups in total. The van der Waals surface area contributed by atoms with E-state index < -0.39 is 4.92 Å². The van der Waals surface area contributed by atoms with Gasteiger partial charge in [-0.25, -0.2) is 0 Å². The van der Waals surface area contributed by atoms with Crippen LogP contribution < -0.4 is 16.6 Å².